The lowest BCUT2D eigenvalue weighted by Crippen LogP contribution is -2.43. The second-order valence-electron chi connectivity index (χ2n) is 4.48. The molecule has 1 aliphatic heterocycles. The van der Waals surface area contributed by atoms with Gasteiger partial charge < -0.3 is 0 Å². The highest BCUT2D eigenvalue weighted by atomic mass is 35.5. The summed E-state index contributed by atoms with van der Waals surface area (Å²) < 4.78 is 1.37. The van der Waals surface area contributed by atoms with Crippen LogP contribution in [0.1, 0.15) is 12.8 Å². The Morgan fingerprint density at radius 2 is 2.08 bits per heavy atom. The average molecular weight is 206 g/mol. The summed E-state index contributed by atoms with van der Waals surface area (Å²) in [6.07, 6.45) is 2.10. The molecular weight excluding hydrogens is 190 g/mol. The molecule has 0 aromatic heterocycles. The average Bonchev–Trinajstić information content (AvgIpc) is 1.92. The molecule has 0 saturated carbocycles. The van der Waals surface area contributed by atoms with Gasteiger partial charge >= 0.3 is 0 Å². The third-order valence-corrected chi connectivity index (χ3v) is 5.39. The van der Waals surface area contributed by atoms with Gasteiger partial charge in [-0.1, -0.05) is 19.6 Å². The SMILES string of the molecule is C[Si](C)(C)C1CCCN(Cl)C1=O. The number of hydrogen-bond donors (Lipinski definition) is 0. The number of carbonyl (C=O) groups is 1. The fourth-order valence-electron chi connectivity index (χ4n) is 1.64. The standard InChI is InChI=1S/C8H16ClNOSi/c1-12(2,3)7-5-4-6-10(9)8(7)11/h7H,4-6H2,1-3H3. The molecule has 0 N–H and O–H groups in total. The minimum Gasteiger partial charge on any atom is -0.274 e. The van der Waals surface area contributed by atoms with Crippen LogP contribution in [0.5, 0.6) is 0 Å². The predicted molar refractivity (Wildman–Crippen MR) is 53.9 cm³/mol. The zero-order valence-electron chi connectivity index (χ0n) is 7.93. The van der Waals surface area contributed by atoms with E-state index in [0.717, 1.165) is 19.4 Å². The molecule has 1 aliphatic rings. The maximum Gasteiger partial charge on any atom is 0.237 e. The fraction of sp³-hybridized carbons (Fsp3) is 0.875. The van der Waals surface area contributed by atoms with Crippen molar-refractivity contribution in [3.8, 4) is 0 Å². The minimum atomic E-state index is -1.34. The number of halogens is 1. The van der Waals surface area contributed by atoms with Crippen molar-refractivity contribution in [3.63, 3.8) is 0 Å². The van der Waals surface area contributed by atoms with E-state index in [9.17, 15) is 4.79 Å². The Bertz CT molecular complexity index is 190. The van der Waals surface area contributed by atoms with Crippen LogP contribution in [0.3, 0.4) is 0 Å². The first kappa shape index (κ1) is 10.1. The topological polar surface area (TPSA) is 20.3 Å². The minimum absolute atomic E-state index is 0.155. The van der Waals surface area contributed by atoms with Crippen molar-refractivity contribution in [1.29, 1.82) is 0 Å². The van der Waals surface area contributed by atoms with Crippen molar-refractivity contribution in [2.45, 2.75) is 38.0 Å². The molecule has 0 aromatic carbocycles. The number of nitrogens with zero attached hydrogens (tertiary/aromatic N) is 1. The fourth-order valence-corrected chi connectivity index (χ4v) is 3.93. The molecule has 0 aromatic rings. The van der Waals surface area contributed by atoms with Gasteiger partial charge in [0, 0.05) is 23.9 Å². The van der Waals surface area contributed by atoms with Gasteiger partial charge in [0.15, 0.2) is 0 Å². The molecule has 1 atom stereocenters. The van der Waals surface area contributed by atoms with E-state index in [2.05, 4.69) is 19.6 Å². The van der Waals surface area contributed by atoms with E-state index in [1.807, 2.05) is 0 Å². The van der Waals surface area contributed by atoms with Gasteiger partial charge in [0.1, 0.15) is 0 Å². The maximum absolute atomic E-state index is 11.6. The van der Waals surface area contributed by atoms with E-state index in [-0.39, 0.29) is 11.4 Å². The number of hydrogen-bond acceptors (Lipinski definition) is 1. The highest BCUT2D eigenvalue weighted by Gasteiger charge is 2.37. The van der Waals surface area contributed by atoms with Crippen LogP contribution in [-0.4, -0.2) is 24.9 Å². The normalized spacial score (nSPS) is 26.2. The van der Waals surface area contributed by atoms with Crippen LogP contribution >= 0.6 is 11.8 Å². The van der Waals surface area contributed by atoms with Crippen LogP contribution < -0.4 is 0 Å². The molecule has 4 heteroatoms. The molecule has 1 rings (SSSR count). The van der Waals surface area contributed by atoms with E-state index in [1.54, 1.807) is 0 Å². The molecule has 2 nitrogen and oxygen atoms in total. The van der Waals surface area contributed by atoms with Gasteiger partial charge in [-0.25, -0.2) is 0 Å². The monoisotopic (exact) mass is 205 g/mol. The highest BCUT2D eigenvalue weighted by Crippen LogP contribution is 2.33. The van der Waals surface area contributed by atoms with Crippen molar-refractivity contribution in [2.24, 2.45) is 0 Å². The lowest BCUT2D eigenvalue weighted by Gasteiger charge is -2.34. The first-order valence-electron chi connectivity index (χ1n) is 4.40. The maximum atomic E-state index is 11.6. The van der Waals surface area contributed by atoms with Gasteiger partial charge in [0.05, 0.1) is 8.07 Å². The second kappa shape index (κ2) is 3.38. The van der Waals surface area contributed by atoms with Crippen LogP contribution in [0.25, 0.3) is 0 Å². The van der Waals surface area contributed by atoms with Crippen LogP contribution in [0.4, 0.5) is 0 Å². The first-order chi connectivity index (χ1) is 5.43. The highest BCUT2D eigenvalue weighted by molar-refractivity contribution is 6.80. The summed E-state index contributed by atoms with van der Waals surface area (Å²) in [6.45, 7) is 7.41. The van der Waals surface area contributed by atoms with Gasteiger partial charge in [-0.15, -0.1) is 0 Å². The molecular formula is C8H16ClNOSi. The molecule has 12 heavy (non-hydrogen) atoms. The van der Waals surface area contributed by atoms with E-state index < -0.39 is 8.07 Å². The van der Waals surface area contributed by atoms with Crippen LogP contribution in [0.2, 0.25) is 25.2 Å². The molecule has 1 fully saturated rings. The molecule has 1 amide bonds. The summed E-state index contributed by atoms with van der Waals surface area (Å²) in [7, 11) is -1.34. The van der Waals surface area contributed by atoms with Gasteiger partial charge in [-0.2, -0.15) is 0 Å². The Balaban J connectivity index is 2.71. The van der Waals surface area contributed by atoms with Gasteiger partial charge in [-0.3, -0.25) is 9.21 Å². The quantitative estimate of drug-likeness (QED) is 0.476. The molecule has 0 spiro atoms. The Morgan fingerprint density at radius 3 is 2.50 bits per heavy atom. The van der Waals surface area contributed by atoms with Crippen molar-refractivity contribution >= 4 is 25.8 Å². The van der Waals surface area contributed by atoms with Gasteiger partial charge in [0.2, 0.25) is 5.91 Å². The Hall–Kier alpha value is -0.0231. The molecule has 0 bridgehead atoms. The molecule has 1 heterocycles. The van der Waals surface area contributed by atoms with Crippen molar-refractivity contribution in [3.05, 3.63) is 0 Å². The van der Waals surface area contributed by atoms with Crippen LogP contribution in [0.15, 0.2) is 0 Å². The molecule has 1 saturated heterocycles. The van der Waals surface area contributed by atoms with Gasteiger partial charge in [-0.05, 0) is 12.8 Å². The number of amides is 1. The Kier molecular flexibility index (Phi) is 2.83. The number of piperidine rings is 1. The van der Waals surface area contributed by atoms with Crippen LogP contribution in [-0.2, 0) is 4.79 Å². The lowest BCUT2D eigenvalue weighted by atomic mass is 10.1. The van der Waals surface area contributed by atoms with E-state index >= 15 is 0 Å². The molecule has 0 aliphatic carbocycles. The lowest BCUT2D eigenvalue weighted by molar-refractivity contribution is -0.128. The predicted octanol–water partition coefficient (Wildman–Crippen LogP) is 2.47. The third-order valence-electron chi connectivity index (χ3n) is 2.43. The number of rotatable bonds is 1. The van der Waals surface area contributed by atoms with Crippen LogP contribution in [0, 0.1) is 0 Å². The third kappa shape index (κ3) is 2.01. The first-order valence-corrected chi connectivity index (χ1v) is 8.31. The Morgan fingerprint density at radius 1 is 1.50 bits per heavy atom. The summed E-state index contributed by atoms with van der Waals surface area (Å²) in [5, 5.41) is 0. The second-order valence-corrected chi connectivity index (χ2v) is 10.3. The number of carbonyl (C=O) groups excluding carboxylic acids is 1. The zero-order chi connectivity index (χ0) is 9.35. The molecule has 70 valence electrons. The molecule has 0 radical (unpaired) electrons. The summed E-state index contributed by atoms with van der Waals surface area (Å²) >= 11 is 5.77. The van der Waals surface area contributed by atoms with Crippen molar-refractivity contribution in [1.82, 2.24) is 4.42 Å². The van der Waals surface area contributed by atoms with E-state index in [4.69, 9.17) is 11.8 Å². The van der Waals surface area contributed by atoms with E-state index in [0.29, 0.717) is 0 Å². The smallest absolute Gasteiger partial charge is 0.237 e. The van der Waals surface area contributed by atoms with Gasteiger partial charge in [0.25, 0.3) is 0 Å². The van der Waals surface area contributed by atoms with E-state index in [1.165, 1.54) is 4.42 Å². The summed E-state index contributed by atoms with van der Waals surface area (Å²) in [4.78, 5) is 11.6. The summed E-state index contributed by atoms with van der Waals surface area (Å²) in [5.41, 5.74) is 0.240. The van der Waals surface area contributed by atoms with Crippen molar-refractivity contribution < 1.29 is 4.79 Å². The largest absolute Gasteiger partial charge is 0.274 e. The summed E-state index contributed by atoms with van der Waals surface area (Å²) in [6, 6.07) is 0. The molecule has 1 unspecified atom stereocenters. The zero-order valence-corrected chi connectivity index (χ0v) is 9.69. The Labute approximate surface area is 80.0 Å². The van der Waals surface area contributed by atoms with Crippen molar-refractivity contribution in [2.75, 3.05) is 6.54 Å². The summed E-state index contributed by atoms with van der Waals surface area (Å²) in [5.74, 6) is 0.155.